The van der Waals surface area contributed by atoms with Crippen LogP contribution in [0.1, 0.15) is 19.3 Å². The third-order valence-electron chi connectivity index (χ3n) is 3.62. The Morgan fingerprint density at radius 1 is 1.28 bits per heavy atom. The van der Waals surface area contributed by atoms with Crippen LogP contribution >= 0.6 is 0 Å². The lowest BCUT2D eigenvalue weighted by molar-refractivity contribution is -0.137. The summed E-state index contributed by atoms with van der Waals surface area (Å²) in [5, 5.41) is 4.93. The van der Waals surface area contributed by atoms with Crippen LogP contribution in [-0.4, -0.2) is 55.2 Å². The molecule has 2 N–H and O–H groups in total. The van der Waals surface area contributed by atoms with Gasteiger partial charge in [0.1, 0.15) is 6.54 Å². The molecule has 0 aromatic heterocycles. The molecule has 1 amide bonds. The molecule has 2 fully saturated rings. The van der Waals surface area contributed by atoms with E-state index in [9.17, 15) is 18.0 Å². The summed E-state index contributed by atoms with van der Waals surface area (Å²) in [5.74, 6) is -0.594. The maximum Gasteiger partial charge on any atom is 0.405 e. The molecule has 18 heavy (non-hydrogen) atoms. The van der Waals surface area contributed by atoms with Gasteiger partial charge in [-0.2, -0.15) is 13.2 Å². The summed E-state index contributed by atoms with van der Waals surface area (Å²) in [5.41, 5.74) is 0. The van der Waals surface area contributed by atoms with Gasteiger partial charge in [-0.3, -0.25) is 9.69 Å². The van der Waals surface area contributed by atoms with E-state index in [4.69, 9.17) is 0 Å². The van der Waals surface area contributed by atoms with Crippen molar-refractivity contribution < 1.29 is 18.0 Å². The molecule has 7 heteroatoms. The molecule has 2 aliphatic rings. The van der Waals surface area contributed by atoms with E-state index in [0.717, 1.165) is 25.9 Å². The van der Waals surface area contributed by atoms with E-state index in [1.54, 1.807) is 0 Å². The average Bonchev–Trinajstić information content (AvgIpc) is 2.85. The Morgan fingerprint density at radius 2 is 2.06 bits per heavy atom. The van der Waals surface area contributed by atoms with Crippen molar-refractivity contribution in [3.8, 4) is 0 Å². The van der Waals surface area contributed by atoms with E-state index >= 15 is 0 Å². The van der Waals surface area contributed by atoms with Crippen LogP contribution in [0.4, 0.5) is 13.2 Å². The molecule has 0 aromatic rings. The number of hydrogen-bond donors (Lipinski definition) is 2. The van der Waals surface area contributed by atoms with Crippen molar-refractivity contribution in [2.45, 2.75) is 37.5 Å². The average molecular weight is 265 g/mol. The highest BCUT2D eigenvalue weighted by Gasteiger charge is 2.37. The van der Waals surface area contributed by atoms with E-state index in [1.165, 1.54) is 6.42 Å². The van der Waals surface area contributed by atoms with Crippen LogP contribution in [0, 0.1) is 0 Å². The SMILES string of the molecule is O=C(CNC1CCN2CCCC12)NCC(F)(F)F. The van der Waals surface area contributed by atoms with Crippen molar-refractivity contribution in [2.24, 2.45) is 0 Å². The summed E-state index contributed by atoms with van der Waals surface area (Å²) < 4.78 is 35.7. The second kappa shape index (κ2) is 5.44. The van der Waals surface area contributed by atoms with Crippen molar-refractivity contribution >= 4 is 5.91 Å². The van der Waals surface area contributed by atoms with Crippen LogP contribution < -0.4 is 10.6 Å². The van der Waals surface area contributed by atoms with Crippen LogP contribution in [0.2, 0.25) is 0 Å². The Balaban J connectivity index is 1.67. The standard InChI is InChI=1S/C11H18F3N3O/c12-11(13,14)7-16-10(18)6-15-8-3-5-17-4-1-2-9(8)17/h8-9,15H,1-7H2,(H,16,18). The molecule has 4 nitrogen and oxygen atoms in total. The van der Waals surface area contributed by atoms with Gasteiger partial charge in [-0.1, -0.05) is 0 Å². The van der Waals surface area contributed by atoms with Crippen molar-refractivity contribution in [2.75, 3.05) is 26.2 Å². The Bertz CT molecular complexity index is 308. The number of alkyl halides is 3. The summed E-state index contributed by atoms with van der Waals surface area (Å²) in [7, 11) is 0. The minimum absolute atomic E-state index is 0.0366. The van der Waals surface area contributed by atoms with Crippen molar-refractivity contribution in [1.82, 2.24) is 15.5 Å². The number of nitrogens with one attached hydrogen (secondary N) is 2. The van der Waals surface area contributed by atoms with Crippen molar-refractivity contribution in [1.29, 1.82) is 0 Å². The van der Waals surface area contributed by atoms with Gasteiger partial charge in [0.2, 0.25) is 5.91 Å². The quantitative estimate of drug-likeness (QED) is 0.777. The molecule has 2 heterocycles. The highest BCUT2D eigenvalue weighted by molar-refractivity contribution is 5.78. The van der Waals surface area contributed by atoms with Gasteiger partial charge in [0.05, 0.1) is 6.54 Å². The first kappa shape index (κ1) is 13.6. The third-order valence-corrected chi connectivity index (χ3v) is 3.62. The Kier molecular flexibility index (Phi) is 4.11. The minimum atomic E-state index is -4.34. The molecule has 2 unspecified atom stereocenters. The third kappa shape index (κ3) is 3.58. The number of carbonyl (C=O) groups is 1. The summed E-state index contributed by atoms with van der Waals surface area (Å²) in [6, 6.07) is 0.699. The number of nitrogens with zero attached hydrogens (tertiary/aromatic N) is 1. The molecule has 2 atom stereocenters. The lowest BCUT2D eigenvalue weighted by Crippen LogP contribution is -2.45. The van der Waals surface area contributed by atoms with Gasteiger partial charge in [-0.15, -0.1) is 0 Å². The van der Waals surface area contributed by atoms with E-state index in [0.29, 0.717) is 6.04 Å². The highest BCUT2D eigenvalue weighted by atomic mass is 19.4. The first-order valence-electron chi connectivity index (χ1n) is 6.26. The van der Waals surface area contributed by atoms with E-state index in [1.807, 2.05) is 5.32 Å². The molecule has 0 bridgehead atoms. The summed E-state index contributed by atoms with van der Waals surface area (Å²) in [6.45, 7) is 0.828. The summed E-state index contributed by atoms with van der Waals surface area (Å²) in [6.07, 6.45) is -1.09. The van der Waals surface area contributed by atoms with Crippen molar-refractivity contribution in [3.05, 3.63) is 0 Å². The van der Waals surface area contributed by atoms with Gasteiger partial charge in [0.25, 0.3) is 0 Å². The summed E-state index contributed by atoms with van der Waals surface area (Å²) in [4.78, 5) is 13.6. The van der Waals surface area contributed by atoms with E-state index < -0.39 is 18.6 Å². The highest BCUT2D eigenvalue weighted by Crippen LogP contribution is 2.27. The lowest BCUT2D eigenvalue weighted by Gasteiger charge is -2.21. The summed E-state index contributed by atoms with van der Waals surface area (Å²) >= 11 is 0. The van der Waals surface area contributed by atoms with Gasteiger partial charge >= 0.3 is 6.18 Å². The first-order valence-corrected chi connectivity index (χ1v) is 6.26. The number of fused-ring (bicyclic) bond motifs is 1. The Hall–Kier alpha value is -0.820. The van der Waals surface area contributed by atoms with Gasteiger partial charge in [0.15, 0.2) is 0 Å². The zero-order chi connectivity index (χ0) is 13.2. The lowest BCUT2D eigenvalue weighted by atomic mass is 10.1. The molecule has 0 spiro atoms. The molecule has 2 aliphatic heterocycles. The van der Waals surface area contributed by atoms with E-state index in [2.05, 4.69) is 10.2 Å². The van der Waals surface area contributed by atoms with Gasteiger partial charge in [-0.25, -0.2) is 0 Å². The largest absolute Gasteiger partial charge is 0.405 e. The van der Waals surface area contributed by atoms with Crippen LogP contribution in [-0.2, 0) is 4.79 Å². The van der Waals surface area contributed by atoms with Gasteiger partial charge in [0, 0.05) is 18.6 Å². The fourth-order valence-corrected chi connectivity index (χ4v) is 2.81. The topological polar surface area (TPSA) is 44.4 Å². The molecule has 0 aliphatic carbocycles. The molecule has 0 saturated carbocycles. The normalized spacial score (nSPS) is 28.4. The number of rotatable bonds is 4. The maximum atomic E-state index is 11.9. The molecule has 2 saturated heterocycles. The predicted octanol–water partition coefficient (Wildman–Crippen LogP) is 0.491. The second-order valence-electron chi connectivity index (χ2n) is 4.91. The van der Waals surface area contributed by atoms with Crippen LogP contribution in [0.15, 0.2) is 0 Å². The number of halogens is 3. The zero-order valence-corrected chi connectivity index (χ0v) is 10.1. The zero-order valence-electron chi connectivity index (χ0n) is 10.1. The van der Waals surface area contributed by atoms with Crippen molar-refractivity contribution in [3.63, 3.8) is 0 Å². The monoisotopic (exact) mass is 265 g/mol. The van der Waals surface area contributed by atoms with Crippen LogP contribution in [0.5, 0.6) is 0 Å². The maximum absolute atomic E-state index is 11.9. The molecule has 2 rings (SSSR count). The number of carbonyl (C=O) groups excluding carboxylic acids is 1. The molecule has 0 radical (unpaired) electrons. The van der Waals surface area contributed by atoms with E-state index in [-0.39, 0.29) is 12.6 Å². The molecular formula is C11H18F3N3O. The number of amides is 1. The minimum Gasteiger partial charge on any atom is -0.346 e. The number of hydrogen-bond acceptors (Lipinski definition) is 3. The Morgan fingerprint density at radius 3 is 2.78 bits per heavy atom. The fraction of sp³-hybridized carbons (Fsp3) is 0.909. The van der Waals surface area contributed by atoms with Crippen LogP contribution in [0.25, 0.3) is 0 Å². The molecule has 104 valence electrons. The first-order chi connectivity index (χ1) is 8.46. The van der Waals surface area contributed by atoms with Gasteiger partial charge in [-0.05, 0) is 25.8 Å². The van der Waals surface area contributed by atoms with Crippen LogP contribution in [0.3, 0.4) is 0 Å². The molecular weight excluding hydrogens is 247 g/mol. The predicted molar refractivity (Wildman–Crippen MR) is 60.1 cm³/mol. The smallest absolute Gasteiger partial charge is 0.346 e. The molecule has 0 aromatic carbocycles. The van der Waals surface area contributed by atoms with Gasteiger partial charge < -0.3 is 10.6 Å². The Labute approximate surface area is 104 Å². The second-order valence-corrected chi connectivity index (χ2v) is 4.91. The fourth-order valence-electron chi connectivity index (χ4n) is 2.81.